The van der Waals surface area contributed by atoms with Crippen molar-refractivity contribution < 1.29 is 28.2 Å². The van der Waals surface area contributed by atoms with Crippen LogP contribution >= 0.6 is 23.4 Å². The average molecular weight is 507 g/mol. The fraction of sp³-hybridized carbons (Fsp3) is 0.292. The highest BCUT2D eigenvalue weighted by atomic mass is 35.5. The van der Waals surface area contributed by atoms with Gasteiger partial charge in [0, 0.05) is 5.69 Å². The summed E-state index contributed by atoms with van der Waals surface area (Å²) in [5.74, 6) is -0.911. The zero-order chi connectivity index (χ0) is 24.8. The molecule has 1 N–H and O–H groups in total. The number of benzene rings is 2. The molecule has 1 fully saturated rings. The van der Waals surface area contributed by atoms with Crippen LogP contribution in [0.1, 0.15) is 32.8 Å². The molecule has 1 atom stereocenters. The van der Waals surface area contributed by atoms with E-state index >= 15 is 0 Å². The Morgan fingerprint density at radius 3 is 2.71 bits per heavy atom. The second-order valence-electron chi connectivity index (χ2n) is 7.43. The summed E-state index contributed by atoms with van der Waals surface area (Å²) in [6, 6.07) is 8.62. The van der Waals surface area contributed by atoms with Crippen LogP contribution in [0.5, 0.6) is 11.5 Å². The van der Waals surface area contributed by atoms with Crippen molar-refractivity contribution >= 4 is 52.2 Å². The number of hydrogen-bond donors (Lipinski definition) is 1. The third-order valence-electron chi connectivity index (χ3n) is 4.81. The Bertz CT molecular complexity index is 1140. The van der Waals surface area contributed by atoms with E-state index in [0.717, 1.165) is 17.4 Å². The maximum atomic E-state index is 13.3. The highest BCUT2D eigenvalue weighted by molar-refractivity contribution is 8.18. The van der Waals surface area contributed by atoms with Gasteiger partial charge in [0.2, 0.25) is 5.91 Å². The van der Waals surface area contributed by atoms with Gasteiger partial charge in [-0.1, -0.05) is 24.6 Å². The Labute approximate surface area is 206 Å². The molecule has 0 saturated carbocycles. The normalized spacial score (nSPS) is 15.6. The van der Waals surface area contributed by atoms with Gasteiger partial charge in [-0.2, -0.15) is 0 Å². The lowest BCUT2D eigenvalue weighted by molar-refractivity contribution is -0.127. The number of nitrogens with zero attached hydrogens (tertiary/aromatic N) is 1. The standard InChI is InChI=1S/C24H24ClFN2O5S/c1-4-14(3)33-22-18(25)9-15(10-19(22)32-5-2)11-20-23(30)28(24(31)34-20)13-21(29)27-17-8-6-7-16(26)12-17/h6-12,14H,4-5,13H2,1-3H3,(H,27,29)/b20-11+/t14-/m1/s1. The van der Waals surface area contributed by atoms with Crippen molar-refractivity contribution in [3.63, 3.8) is 0 Å². The zero-order valence-electron chi connectivity index (χ0n) is 18.9. The van der Waals surface area contributed by atoms with Gasteiger partial charge in [0.1, 0.15) is 12.4 Å². The van der Waals surface area contributed by atoms with Crippen LogP contribution in [-0.2, 0) is 9.59 Å². The van der Waals surface area contributed by atoms with Gasteiger partial charge in [-0.25, -0.2) is 4.39 Å². The molecule has 1 aliphatic heterocycles. The Hall–Kier alpha value is -3.04. The number of hydrogen-bond acceptors (Lipinski definition) is 6. The maximum absolute atomic E-state index is 13.3. The molecule has 1 heterocycles. The number of thioether (sulfide) groups is 1. The van der Waals surface area contributed by atoms with Crippen molar-refractivity contribution in [1.29, 1.82) is 0 Å². The lowest BCUT2D eigenvalue weighted by atomic mass is 10.1. The molecule has 0 unspecified atom stereocenters. The summed E-state index contributed by atoms with van der Waals surface area (Å²) in [6.07, 6.45) is 2.22. The first kappa shape index (κ1) is 25.6. The molecule has 3 amide bonds. The van der Waals surface area contributed by atoms with Crippen LogP contribution in [0.2, 0.25) is 5.02 Å². The first-order chi connectivity index (χ1) is 16.2. The summed E-state index contributed by atoms with van der Waals surface area (Å²) in [7, 11) is 0. The third-order valence-corrected chi connectivity index (χ3v) is 6.00. The molecule has 2 aromatic rings. The highest BCUT2D eigenvalue weighted by Gasteiger charge is 2.36. The second-order valence-corrected chi connectivity index (χ2v) is 8.83. The average Bonchev–Trinajstić information content (AvgIpc) is 3.03. The van der Waals surface area contributed by atoms with Gasteiger partial charge in [0.05, 0.1) is 22.6 Å². The Morgan fingerprint density at radius 2 is 2.03 bits per heavy atom. The number of carbonyl (C=O) groups excluding carboxylic acids is 3. The lowest BCUT2D eigenvalue weighted by Gasteiger charge is -2.18. The summed E-state index contributed by atoms with van der Waals surface area (Å²) in [5.41, 5.74) is 0.768. The first-order valence-electron chi connectivity index (χ1n) is 10.7. The lowest BCUT2D eigenvalue weighted by Crippen LogP contribution is -2.36. The van der Waals surface area contributed by atoms with E-state index in [1.807, 2.05) is 20.8 Å². The molecular weight excluding hydrogens is 483 g/mol. The van der Waals surface area contributed by atoms with Crippen molar-refractivity contribution in [1.82, 2.24) is 4.90 Å². The van der Waals surface area contributed by atoms with E-state index in [2.05, 4.69) is 5.32 Å². The summed E-state index contributed by atoms with van der Waals surface area (Å²) in [5, 5.41) is 2.20. The van der Waals surface area contributed by atoms with E-state index in [0.29, 0.717) is 40.5 Å². The predicted molar refractivity (Wildman–Crippen MR) is 131 cm³/mol. The maximum Gasteiger partial charge on any atom is 0.294 e. The summed E-state index contributed by atoms with van der Waals surface area (Å²) in [4.78, 5) is 38.4. The molecule has 7 nitrogen and oxygen atoms in total. The fourth-order valence-electron chi connectivity index (χ4n) is 3.03. The molecule has 1 aliphatic rings. The molecule has 180 valence electrons. The van der Waals surface area contributed by atoms with E-state index in [-0.39, 0.29) is 16.7 Å². The highest BCUT2D eigenvalue weighted by Crippen LogP contribution is 2.39. The Morgan fingerprint density at radius 1 is 1.26 bits per heavy atom. The van der Waals surface area contributed by atoms with Crippen LogP contribution in [0.3, 0.4) is 0 Å². The minimum absolute atomic E-state index is 0.0717. The van der Waals surface area contributed by atoms with Gasteiger partial charge in [0.25, 0.3) is 11.1 Å². The van der Waals surface area contributed by atoms with Crippen molar-refractivity contribution in [3.8, 4) is 11.5 Å². The number of rotatable bonds is 9. The summed E-state index contributed by atoms with van der Waals surface area (Å²) in [6.45, 7) is 5.62. The van der Waals surface area contributed by atoms with Crippen LogP contribution in [0.15, 0.2) is 41.3 Å². The molecule has 1 saturated heterocycles. The van der Waals surface area contributed by atoms with Gasteiger partial charge in [-0.05, 0) is 74.0 Å². The van der Waals surface area contributed by atoms with E-state index in [1.54, 1.807) is 12.1 Å². The van der Waals surface area contributed by atoms with Crippen LogP contribution < -0.4 is 14.8 Å². The largest absolute Gasteiger partial charge is 0.490 e. The van der Waals surface area contributed by atoms with E-state index in [9.17, 15) is 18.8 Å². The SMILES string of the molecule is CCOc1cc(/C=C2/SC(=O)N(CC(=O)Nc3cccc(F)c3)C2=O)cc(Cl)c1O[C@H](C)CC. The molecule has 0 aromatic heterocycles. The molecular formula is C24H24ClFN2O5S. The van der Waals surface area contributed by atoms with Crippen molar-refractivity contribution in [2.75, 3.05) is 18.5 Å². The van der Waals surface area contributed by atoms with E-state index in [1.165, 1.54) is 24.3 Å². The van der Waals surface area contributed by atoms with Crippen LogP contribution in [0, 0.1) is 5.82 Å². The minimum Gasteiger partial charge on any atom is -0.490 e. The van der Waals surface area contributed by atoms with Gasteiger partial charge in [0.15, 0.2) is 11.5 Å². The monoisotopic (exact) mass is 506 g/mol. The van der Waals surface area contributed by atoms with Crippen LogP contribution in [0.25, 0.3) is 6.08 Å². The van der Waals surface area contributed by atoms with Gasteiger partial charge in [-0.3, -0.25) is 19.3 Å². The Kier molecular flexibility index (Phi) is 8.57. The smallest absolute Gasteiger partial charge is 0.294 e. The van der Waals surface area contributed by atoms with Crippen LogP contribution in [0.4, 0.5) is 14.9 Å². The van der Waals surface area contributed by atoms with Gasteiger partial charge in [-0.15, -0.1) is 0 Å². The molecule has 0 radical (unpaired) electrons. The Balaban J connectivity index is 1.78. The number of carbonyl (C=O) groups is 3. The molecule has 2 aromatic carbocycles. The molecule has 3 rings (SSSR count). The summed E-state index contributed by atoms with van der Waals surface area (Å²) >= 11 is 7.14. The molecule has 0 spiro atoms. The number of halogens is 2. The van der Waals surface area contributed by atoms with Crippen molar-refractivity contribution in [2.45, 2.75) is 33.3 Å². The van der Waals surface area contributed by atoms with Crippen molar-refractivity contribution in [3.05, 3.63) is 57.7 Å². The predicted octanol–water partition coefficient (Wildman–Crippen LogP) is 5.73. The number of nitrogens with one attached hydrogen (secondary N) is 1. The van der Waals surface area contributed by atoms with E-state index in [4.69, 9.17) is 21.1 Å². The van der Waals surface area contributed by atoms with E-state index < -0.39 is 29.4 Å². The van der Waals surface area contributed by atoms with Crippen molar-refractivity contribution in [2.24, 2.45) is 0 Å². The molecule has 34 heavy (non-hydrogen) atoms. The molecule has 0 aliphatic carbocycles. The third kappa shape index (κ3) is 6.30. The topological polar surface area (TPSA) is 84.9 Å². The minimum atomic E-state index is -0.623. The number of amides is 3. The molecule has 10 heteroatoms. The fourth-order valence-corrected chi connectivity index (χ4v) is 4.13. The summed E-state index contributed by atoms with van der Waals surface area (Å²) < 4.78 is 24.9. The second kappa shape index (κ2) is 11.4. The quantitative estimate of drug-likeness (QED) is 0.437. The first-order valence-corrected chi connectivity index (χ1v) is 11.8. The number of anilines is 1. The van der Waals surface area contributed by atoms with Gasteiger partial charge < -0.3 is 14.8 Å². The number of imide groups is 1. The molecule has 0 bridgehead atoms. The number of ether oxygens (including phenoxy) is 2. The zero-order valence-corrected chi connectivity index (χ0v) is 20.5. The van der Waals surface area contributed by atoms with Crippen LogP contribution in [-0.4, -0.2) is 41.2 Å². The van der Waals surface area contributed by atoms with Gasteiger partial charge >= 0.3 is 0 Å².